The summed E-state index contributed by atoms with van der Waals surface area (Å²) in [6.45, 7) is 0. The van der Waals surface area contributed by atoms with Crippen molar-refractivity contribution in [3.05, 3.63) is 40.3 Å². The fourth-order valence-corrected chi connectivity index (χ4v) is 1.77. The lowest BCUT2D eigenvalue weighted by atomic mass is 10.2. The van der Waals surface area contributed by atoms with E-state index in [0.29, 0.717) is 5.52 Å². The lowest BCUT2D eigenvalue weighted by Crippen LogP contribution is -2.13. The first-order valence-electron chi connectivity index (χ1n) is 4.91. The van der Waals surface area contributed by atoms with Crippen LogP contribution in [0.15, 0.2) is 29.1 Å². The van der Waals surface area contributed by atoms with Gasteiger partial charge in [0.25, 0.3) is 5.56 Å². The summed E-state index contributed by atoms with van der Waals surface area (Å²) in [6, 6.07) is 6.23. The average molecular weight is 254 g/mol. The Kier molecular flexibility index (Phi) is 1.98. The first kappa shape index (κ1) is 10.8. The molecule has 0 bridgehead atoms. The van der Waals surface area contributed by atoms with Gasteiger partial charge < -0.3 is 0 Å². The van der Waals surface area contributed by atoms with E-state index in [1.807, 2.05) is 0 Å². The van der Waals surface area contributed by atoms with Crippen LogP contribution >= 0.6 is 0 Å². The van der Waals surface area contributed by atoms with Crippen molar-refractivity contribution in [2.24, 2.45) is 0 Å². The van der Waals surface area contributed by atoms with E-state index in [1.54, 1.807) is 12.1 Å². The quantitative estimate of drug-likeness (QED) is 0.662. The number of nitrogens with zero attached hydrogens (tertiary/aromatic N) is 3. The highest BCUT2D eigenvalue weighted by molar-refractivity contribution is 5.80. The third-order valence-corrected chi connectivity index (χ3v) is 2.54. The molecule has 3 aromatic rings. The highest BCUT2D eigenvalue weighted by atomic mass is 19.4. The van der Waals surface area contributed by atoms with Gasteiger partial charge in [-0.2, -0.15) is 23.3 Å². The van der Waals surface area contributed by atoms with E-state index in [4.69, 9.17) is 0 Å². The van der Waals surface area contributed by atoms with Gasteiger partial charge in [-0.05, 0) is 12.1 Å². The standard InChI is InChI=1S/C10H5F3N4O/c11-10(12,13)7-8-14-9(18)5-3-1-2-4-6(5)17(8)16-15-7/h1-4,16H. The third-order valence-electron chi connectivity index (χ3n) is 2.54. The van der Waals surface area contributed by atoms with E-state index in [1.165, 1.54) is 12.1 Å². The number of rotatable bonds is 0. The average Bonchev–Trinajstić information content (AvgIpc) is 2.73. The Bertz CT molecular complexity index is 802. The number of aromatic amines is 1. The number of para-hydroxylation sites is 1. The highest BCUT2D eigenvalue weighted by Gasteiger charge is 2.37. The highest BCUT2D eigenvalue weighted by Crippen LogP contribution is 2.30. The SMILES string of the molecule is O=c1nc2c(C(F)(F)F)n[nH]n2c2ccccc12. The summed E-state index contributed by atoms with van der Waals surface area (Å²) in [7, 11) is 0. The van der Waals surface area contributed by atoms with Gasteiger partial charge in [0, 0.05) is 0 Å². The number of halogens is 3. The molecule has 0 aliphatic rings. The predicted molar refractivity (Wildman–Crippen MR) is 56.1 cm³/mol. The Hall–Kier alpha value is -2.38. The normalized spacial score (nSPS) is 12.4. The molecule has 0 atom stereocenters. The Morgan fingerprint density at radius 3 is 2.67 bits per heavy atom. The molecule has 0 aliphatic carbocycles. The Morgan fingerprint density at radius 2 is 1.94 bits per heavy atom. The minimum Gasteiger partial charge on any atom is -0.267 e. The summed E-state index contributed by atoms with van der Waals surface area (Å²) in [6.07, 6.45) is -4.66. The van der Waals surface area contributed by atoms with Gasteiger partial charge >= 0.3 is 6.18 Å². The van der Waals surface area contributed by atoms with E-state index in [2.05, 4.69) is 15.3 Å². The Labute approximate surface area is 96.9 Å². The molecule has 0 saturated carbocycles. The number of hydrogen-bond acceptors (Lipinski definition) is 3. The van der Waals surface area contributed by atoms with E-state index in [0.717, 1.165) is 4.52 Å². The Balaban J connectivity index is 2.53. The van der Waals surface area contributed by atoms with Crippen molar-refractivity contribution in [2.45, 2.75) is 6.18 Å². The number of hydrogen-bond donors (Lipinski definition) is 1. The fraction of sp³-hybridized carbons (Fsp3) is 0.100. The first-order chi connectivity index (χ1) is 8.48. The minimum atomic E-state index is -4.66. The molecular formula is C10H5F3N4O. The topological polar surface area (TPSA) is 63.0 Å². The molecule has 1 N–H and O–H groups in total. The van der Waals surface area contributed by atoms with Crippen LogP contribution in [0.2, 0.25) is 0 Å². The van der Waals surface area contributed by atoms with Gasteiger partial charge in [0.15, 0.2) is 5.65 Å². The molecule has 3 rings (SSSR count). The molecule has 0 radical (unpaired) electrons. The minimum absolute atomic E-state index is 0.229. The zero-order valence-electron chi connectivity index (χ0n) is 8.69. The summed E-state index contributed by atoms with van der Waals surface area (Å²) >= 11 is 0. The summed E-state index contributed by atoms with van der Waals surface area (Å²) in [5.41, 5.74) is -2.13. The van der Waals surface area contributed by atoms with E-state index in [9.17, 15) is 18.0 Å². The molecule has 0 saturated heterocycles. The number of benzene rings is 1. The monoisotopic (exact) mass is 254 g/mol. The second-order valence-electron chi connectivity index (χ2n) is 3.65. The molecule has 0 spiro atoms. The van der Waals surface area contributed by atoms with Crippen LogP contribution in [0.1, 0.15) is 5.69 Å². The van der Waals surface area contributed by atoms with Gasteiger partial charge in [0.2, 0.25) is 5.69 Å². The largest absolute Gasteiger partial charge is 0.438 e. The lowest BCUT2D eigenvalue weighted by Gasteiger charge is -2.02. The molecule has 0 amide bonds. The van der Waals surface area contributed by atoms with Crippen molar-refractivity contribution in [1.29, 1.82) is 0 Å². The van der Waals surface area contributed by atoms with Crippen molar-refractivity contribution in [1.82, 2.24) is 19.8 Å². The van der Waals surface area contributed by atoms with E-state index < -0.39 is 23.1 Å². The van der Waals surface area contributed by atoms with Crippen molar-refractivity contribution < 1.29 is 13.2 Å². The molecule has 0 unspecified atom stereocenters. The molecule has 0 aliphatic heterocycles. The number of H-pyrrole nitrogens is 1. The van der Waals surface area contributed by atoms with Crippen molar-refractivity contribution in [2.75, 3.05) is 0 Å². The summed E-state index contributed by atoms with van der Waals surface area (Å²) in [5.74, 6) is 0. The second-order valence-corrected chi connectivity index (χ2v) is 3.65. The smallest absolute Gasteiger partial charge is 0.267 e. The maximum atomic E-state index is 12.6. The number of nitrogens with one attached hydrogen (secondary N) is 1. The molecule has 92 valence electrons. The van der Waals surface area contributed by atoms with Crippen LogP contribution in [0.5, 0.6) is 0 Å². The molecule has 1 aromatic carbocycles. The molecular weight excluding hydrogens is 249 g/mol. The third kappa shape index (κ3) is 1.38. The van der Waals surface area contributed by atoms with Crippen molar-refractivity contribution >= 4 is 16.6 Å². The van der Waals surface area contributed by atoms with Gasteiger partial charge in [-0.25, -0.2) is 9.73 Å². The second kappa shape index (κ2) is 3.31. The van der Waals surface area contributed by atoms with Crippen molar-refractivity contribution in [3.63, 3.8) is 0 Å². The Morgan fingerprint density at radius 1 is 1.22 bits per heavy atom. The number of fused-ring (bicyclic) bond motifs is 3. The summed E-state index contributed by atoms with van der Waals surface area (Å²) in [5, 5.41) is 5.61. The maximum absolute atomic E-state index is 12.6. The van der Waals surface area contributed by atoms with Crippen LogP contribution in [0.4, 0.5) is 13.2 Å². The molecule has 2 aromatic heterocycles. The van der Waals surface area contributed by atoms with Gasteiger partial charge in [-0.15, -0.1) is 0 Å². The van der Waals surface area contributed by atoms with Crippen LogP contribution in [-0.4, -0.2) is 19.8 Å². The number of alkyl halides is 3. The zero-order valence-corrected chi connectivity index (χ0v) is 8.69. The van der Waals surface area contributed by atoms with Gasteiger partial charge in [-0.1, -0.05) is 12.1 Å². The molecule has 5 nitrogen and oxygen atoms in total. The maximum Gasteiger partial charge on any atom is 0.438 e. The summed E-state index contributed by atoms with van der Waals surface area (Å²) < 4.78 is 39.0. The van der Waals surface area contributed by atoms with Crippen LogP contribution in [0.3, 0.4) is 0 Å². The van der Waals surface area contributed by atoms with Crippen LogP contribution < -0.4 is 5.56 Å². The van der Waals surface area contributed by atoms with Crippen LogP contribution in [0.25, 0.3) is 16.6 Å². The van der Waals surface area contributed by atoms with Gasteiger partial charge in [0.1, 0.15) is 0 Å². The van der Waals surface area contributed by atoms with Gasteiger partial charge in [0.05, 0.1) is 10.9 Å². The molecule has 0 fully saturated rings. The zero-order chi connectivity index (χ0) is 12.9. The van der Waals surface area contributed by atoms with Crippen molar-refractivity contribution in [3.8, 4) is 0 Å². The number of aromatic nitrogens is 4. The molecule has 2 heterocycles. The van der Waals surface area contributed by atoms with Crippen LogP contribution in [0, 0.1) is 0 Å². The van der Waals surface area contributed by atoms with Crippen LogP contribution in [-0.2, 0) is 6.18 Å². The van der Waals surface area contributed by atoms with E-state index >= 15 is 0 Å². The molecule has 18 heavy (non-hydrogen) atoms. The van der Waals surface area contributed by atoms with Gasteiger partial charge in [-0.3, -0.25) is 4.79 Å². The lowest BCUT2D eigenvalue weighted by molar-refractivity contribution is -0.140. The molecule has 8 heteroatoms. The van der Waals surface area contributed by atoms with E-state index in [-0.39, 0.29) is 5.39 Å². The first-order valence-corrected chi connectivity index (χ1v) is 4.91. The fourth-order valence-electron chi connectivity index (χ4n) is 1.77. The predicted octanol–water partition coefficient (Wildman–Crippen LogP) is 1.59. The summed E-state index contributed by atoms with van der Waals surface area (Å²) in [4.78, 5) is 15.1.